The predicted octanol–water partition coefficient (Wildman–Crippen LogP) is 23.7. The highest BCUT2D eigenvalue weighted by Crippen LogP contribution is 2.65. The number of esters is 4. The molecule has 22 heteroatoms. The molecule has 0 saturated carbocycles. The molecule has 0 saturated heterocycles. The van der Waals surface area contributed by atoms with Gasteiger partial charge in [-0.2, -0.15) is 0 Å². The third-order valence-corrected chi connectivity index (χ3v) is 28.1. The molecule has 0 fully saturated rings. The number of hydrogen-bond acceptors (Lipinski definition) is 22. The molecule has 0 aromatic heterocycles. The van der Waals surface area contributed by atoms with E-state index in [1.807, 2.05) is 237 Å². The van der Waals surface area contributed by atoms with Crippen molar-refractivity contribution in [2.75, 3.05) is 30.5 Å². The molecular weight excluding hydrogens is 1810 g/mol. The minimum absolute atomic E-state index is 0.0319. The van der Waals surface area contributed by atoms with Crippen molar-refractivity contribution in [2.24, 2.45) is 0 Å². The zero-order valence-corrected chi connectivity index (χ0v) is 76.5. The fourth-order valence-electron chi connectivity index (χ4n) is 22.0. The van der Waals surface area contributed by atoms with E-state index in [4.69, 9.17) is 54.1 Å². The van der Waals surface area contributed by atoms with Crippen molar-refractivity contribution in [3.63, 3.8) is 0 Å². The molecular formula is C122H79N3O19. The molecule has 0 bridgehead atoms. The Labute approximate surface area is 819 Å². The fourth-order valence-corrected chi connectivity index (χ4v) is 22.0. The number of carbonyl (C=O) groups excluding carboxylic acids is 4. The number of phenols is 6. The van der Waals surface area contributed by atoms with Gasteiger partial charge in [0.25, 0.3) is 0 Å². The quantitative estimate of drug-likeness (QED) is 0.0453. The molecule has 4 unspecified atom stereocenters. The van der Waals surface area contributed by atoms with Crippen molar-refractivity contribution in [1.29, 1.82) is 0 Å². The van der Waals surface area contributed by atoms with Crippen LogP contribution in [0.25, 0.3) is 66.0 Å². The molecule has 144 heavy (non-hydrogen) atoms. The number of aromatic hydroxyl groups is 6. The van der Waals surface area contributed by atoms with Crippen LogP contribution in [0.4, 0.5) is 17.1 Å². The Morgan fingerprint density at radius 3 is 1.01 bits per heavy atom. The summed E-state index contributed by atoms with van der Waals surface area (Å²) in [5, 5.41) is 71.9. The third kappa shape index (κ3) is 12.8. The monoisotopic (exact) mass is 1890 g/mol. The Morgan fingerprint density at radius 1 is 0.264 bits per heavy atom. The number of nitrogens with two attached hydrogens (primary N) is 2. The largest absolute Gasteiger partial charge is 0.508 e. The summed E-state index contributed by atoms with van der Waals surface area (Å²) in [6.07, 6.45) is 0. The second kappa shape index (κ2) is 32.3. The molecule has 0 aliphatic carbocycles. The van der Waals surface area contributed by atoms with Crippen LogP contribution >= 0.6 is 0 Å². The molecule has 0 amide bonds. The Balaban J connectivity index is 0.0000000943. The molecule has 696 valence electrons. The number of anilines is 3. The number of phenolic OH excluding ortho intramolecular Hbond substituents is 6. The molecule has 9 aliphatic rings. The summed E-state index contributed by atoms with van der Waals surface area (Å²) in [6, 6.07) is 113. The van der Waals surface area contributed by atoms with Crippen molar-refractivity contribution in [3.05, 3.63) is 481 Å². The summed E-state index contributed by atoms with van der Waals surface area (Å²) >= 11 is 0. The van der Waals surface area contributed by atoms with Gasteiger partial charge in [0.05, 0.1) is 38.4 Å². The van der Waals surface area contributed by atoms with E-state index >= 15 is 0 Å². The van der Waals surface area contributed by atoms with Gasteiger partial charge >= 0.3 is 23.9 Å². The van der Waals surface area contributed by atoms with Crippen LogP contribution in [0.2, 0.25) is 0 Å². The summed E-state index contributed by atoms with van der Waals surface area (Å²) in [6.45, 7) is 4.02. The number of nitrogens with zero attached hydrogens (tertiary/aromatic N) is 1. The minimum atomic E-state index is -1.22. The molecule has 20 aromatic rings. The van der Waals surface area contributed by atoms with Gasteiger partial charge in [0.1, 0.15) is 92.0 Å². The lowest BCUT2D eigenvalue weighted by Gasteiger charge is -2.37. The van der Waals surface area contributed by atoms with Gasteiger partial charge in [-0.3, -0.25) is 0 Å². The Bertz CT molecular complexity index is 8700. The molecule has 9 aliphatic heterocycles. The summed E-state index contributed by atoms with van der Waals surface area (Å²) in [5.74, 6) is 4.23. The van der Waals surface area contributed by atoms with Crippen LogP contribution in [-0.4, -0.2) is 68.6 Å². The molecule has 22 nitrogen and oxygen atoms in total. The maximum atomic E-state index is 12.9. The molecule has 4 spiro atoms. The first-order chi connectivity index (χ1) is 70.0. The predicted molar refractivity (Wildman–Crippen MR) is 545 cm³/mol. The average Bonchev–Trinajstić information content (AvgIpc) is 1.49. The fraction of sp³-hybridized carbons (Fsp3) is 0.0492. The SMILES string of the molecule is C=c1ccc2c(c1)Oc1c(ccc3cccc(O)c13)C=2c1ccccc1.CN(C)c1cccc2ccc3c(c12)Oc1cc(O)ccc1C31OC(=O)c2ccccc21.Nc1ccc2c(c1)Oc1c(ccc3cccc(O)c13)C21OC(=O)c2ccccc21.Nc1cccc2ccc3c(c12)Oc1cc(O)ccc1C31OC(=O)c2ccccc21.O=C1OC2(c3ccc(O)cc3Oc3c2ccc2cccc(O)c32)c2ccccc21. The summed E-state index contributed by atoms with van der Waals surface area (Å²) < 4.78 is 55.8. The van der Waals surface area contributed by atoms with Crippen molar-refractivity contribution >= 4 is 107 Å². The van der Waals surface area contributed by atoms with Gasteiger partial charge in [0.2, 0.25) is 0 Å². The highest BCUT2D eigenvalue weighted by molar-refractivity contribution is 6.08. The lowest BCUT2D eigenvalue weighted by molar-refractivity contribution is 0.0215. The number of nitrogen functional groups attached to an aromatic ring is 2. The maximum Gasteiger partial charge on any atom is 0.340 e. The Kier molecular flexibility index (Phi) is 19.3. The number of benzene rings is 20. The van der Waals surface area contributed by atoms with E-state index < -0.39 is 40.3 Å². The van der Waals surface area contributed by atoms with Crippen LogP contribution in [0, 0.1) is 0 Å². The van der Waals surface area contributed by atoms with Gasteiger partial charge < -0.3 is 89.6 Å². The molecule has 9 heterocycles. The minimum Gasteiger partial charge on any atom is -0.508 e. The van der Waals surface area contributed by atoms with Crippen LogP contribution in [0.15, 0.2) is 370 Å². The number of hydrogen-bond donors (Lipinski definition) is 8. The van der Waals surface area contributed by atoms with E-state index in [9.17, 15) is 49.8 Å². The summed E-state index contributed by atoms with van der Waals surface area (Å²) in [4.78, 5) is 53.4. The van der Waals surface area contributed by atoms with E-state index in [2.05, 4.69) is 30.8 Å². The van der Waals surface area contributed by atoms with Crippen LogP contribution in [0.5, 0.6) is 92.0 Å². The van der Waals surface area contributed by atoms with Crippen LogP contribution in [0.3, 0.4) is 0 Å². The van der Waals surface area contributed by atoms with Gasteiger partial charge in [0, 0.05) is 149 Å². The molecule has 20 aromatic carbocycles. The van der Waals surface area contributed by atoms with Crippen LogP contribution in [0.1, 0.15) is 119 Å². The second-order valence-electron chi connectivity index (χ2n) is 36.4. The average molecular weight is 1890 g/mol. The van der Waals surface area contributed by atoms with Crippen LogP contribution < -0.4 is 50.5 Å². The van der Waals surface area contributed by atoms with Crippen molar-refractivity contribution < 1.29 is 92.4 Å². The summed E-state index contributed by atoms with van der Waals surface area (Å²) in [7, 11) is 3.97. The van der Waals surface area contributed by atoms with Crippen molar-refractivity contribution in [2.45, 2.75) is 22.4 Å². The smallest absolute Gasteiger partial charge is 0.340 e. The van der Waals surface area contributed by atoms with Crippen molar-refractivity contribution in [1.82, 2.24) is 0 Å². The maximum absolute atomic E-state index is 12.9. The first kappa shape index (κ1) is 86.1. The van der Waals surface area contributed by atoms with Gasteiger partial charge in [-0.15, -0.1) is 0 Å². The van der Waals surface area contributed by atoms with Crippen LogP contribution in [-0.2, 0) is 41.4 Å². The molecule has 29 rings (SSSR count). The highest BCUT2D eigenvalue weighted by Gasteiger charge is 2.59. The topological polar surface area (TPSA) is 328 Å². The van der Waals surface area contributed by atoms with Gasteiger partial charge in [0.15, 0.2) is 22.4 Å². The van der Waals surface area contributed by atoms with E-state index in [0.717, 1.165) is 104 Å². The lowest BCUT2D eigenvalue weighted by Crippen LogP contribution is -2.33. The molecule has 4 atom stereocenters. The van der Waals surface area contributed by atoms with Gasteiger partial charge in [-0.1, -0.05) is 213 Å². The van der Waals surface area contributed by atoms with Crippen molar-refractivity contribution in [3.8, 4) is 92.0 Å². The van der Waals surface area contributed by atoms with E-state index in [-0.39, 0.29) is 40.5 Å². The van der Waals surface area contributed by atoms with E-state index in [0.29, 0.717) is 141 Å². The van der Waals surface area contributed by atoms with E-state index in [1.165, 1.54) is 12.1 Å². The molecule has 0 radical (unpaired) electrons. The normalized spacial score (nSPS) is 17.4. The number of rotatable bonds is 2. The lowest BCUT2D eigenvalue weighted by atomic mass is 9.77. The highest BCUT2D eigenvalue weighted by atomic mass is 16.6. The summed E-state index contributed by atoms with van der Waals surface area (Å²) in [5.41, 5.74) is 23.4. The number of carbonyl (C=O) groups is 4. The zero-order chi connectivity index (χ0) is 98.3. The van der Waals surface area contributed by atoms with E-state index in [1.54, 1.807) is 115 Å². The number of fused-ring (bicyclic) bond motifs is 36. The second-order valence-corrected chi connectivity index (χ2v) is 36.4. The number of ether oxygens (including phenoxy) is 9. The third-order valence-electron chi connectivity index (χ3n) is 28.1. The Hall–Kier alpha value is -19.5. The standard InChI is InChI=1S/C26H19NO4.2C24H15NO4.C24H14O5.C24H16O2/c1-27(2)21-9-5-6-15-10-12-20-24(23(15)21)30-22-14-16(28)11-13-19(22)26(20)18-8-4-3-7-17(18)25(29)31-26;25-19-7-3-4-13-8-10-18-22(21(13)19)28-20-12-14(26)9-11-17(20)24(18)16-6-2-1-5-15(16)23(27)29-24;2*25-14-9-11-17-20(12-14)28-22-18(10-8-13-4-3-7-19(26)21(13)22)24(17)16-6-2-1-5-15(16)23(27)29-24;1-15-10-12-18-21(14-15)26-24-19(22(18)16-6-3-2-4-7-16)13-11-17-8-5-9-20(25)23(17)24/h3-14,28H,1-2H3;2*1-12,26H,25H2;1-12,25-26H;2-14,25H,1H2. The first-order valence-electron chi connectivity index (χ1n) is 46.3. The van der Waals surface area contributed by atoms with Gasteiger partial charge in [-0.05, 0) is 177 Å². The molecule has 10 N–H and O–H groups in total. The Morgan fingerprint density at radius 2 is 0.590 bits per heavy atom. The first-order valence-corrected chi connectivity index (χ1v) is 46.3. The van der Waals surface area contributed by atoms with Gasteiger partial charge in [-0.25, -0.2) is 19.2 Å². The zero-order valence-electron chi connectivity index (χ0n) is 76.5.